The zero-order valence-electron chi connectivity index (χ0n) is 65.4. The maximum atomic E-state index is 13.6. The summed E-state index contributed by atoms with van der Waals surface area (Å²) in [6, 6.07) is 29.9. The molecule has 0 aromatic carbocycles. The third kappa shape index (κ3) is 16.3. The van der Waals surface area contributed by atoms with E-state index in [2.05, 4.69) is 90.6 Å². The summed E-state index contributed by atoms with van der Waals surface area (Å²) in [5.74, 6) is 2.70. The van der Waals surface area contributed by atoms with Crippen LogP contribution >= 0.6 is 0 Å². The van der Waals surface area contributed by atoms with Crippen LogP contribution < -0.4 is 18.9 Å². The average molecular weight is 1580 g/mol. The van der Waals surface area contributed by atoms with E-state index in [0.717, 1.165) is 106 Å². The van der Waals surface area contributed by atoms with Crippen LogP contribution in [0.1, 0.15) is 147 Å². The van der Waals surface area contributed by atoms with Crippen molar-refractivity contribution in [3.8, 4) is 46.4 Å². The summed E-state index contributed by atoms with van der Waals surface area (Å²) < 4.78 is 23.5. The number of ether oxygens (including phenoxy) is 4. The number of carbonyl (C=O) groups excluding carboxylic acids is 4. The summed E-state index contributed by atoms with van der Waals surface area (Å²) in [5.41, 5.74) is 8.13. The molecule has 4 amide bonds. The Balaban J connectivity index is 0.000000112. The minimum absolute atomic E-state index is 0.0466. The highest BCUT2D eigenvalue weighted by molar-refractivity contribution is 5.99. The maximum Gasteiger partial charge on any atom is 0.316 e. The van der Waals surface area contributed by atoms with Crippen molar-refractivity contribution in [2.45, 2.75) is 160 Å². The van der Waals surface area contributed by atoms with E-state index < -0.39 is 0 Å². The van der Waals surface area contributed by atoms with Gasteiger partial charge in [0, 0.05) is 144 Å². The van der Waals surface area contributed by atoms with Crippen molar-refractivity contribution < 1.29 is 38.1 Å². The van der Waals surface area contributed by atoms with Crippen LogP contribution in [-0.4, -0.2) is 228 Å². The first-order chi connectivity index (χ1) is 57.2. The Morgan fingerprint density at radius 3 is 0.974 bits per heavy atom. The maximum absolute atomic E-state index is 13.6. The topological polar surface area (TPSA) is 370 Å². The standard InChI is InChI=1S/C22H24N6O2.C21H22N6O2.2C20H21N7O2/c1-14-4-3-5-20(25-14)30-13-16-12-17-7-9-18(16)27(17)22(29)21-19(8-6-15(2)26-21)28-23-10-11-24-28;1-14-5-7-18(27-23-10-11-24-27)20(25-14)21(28)26-16-6-8-17(26)15(12-16)13-29-19-4-2-3-9-22-19;1-13-3-5-17(27-23-9-10-24-27)18(25-13)19(28)26-15-4-6-16(26)14(11-15)12-29-20-21-7-2-8-22-20;1-13-2-4-17(27-23-8-9-24-27)19(25-13)20(28)26-15-3-5-16(26)14(10-15)12-29-18-11-21-6-7-22-18/h3-6,8,10-11,16-18H,7,9,12-13H2,1-2H3;2-5,7,9-11,15-17H,6,8,12-13H2,1H3;2-3,5,7-10,14-16H,4,6,11-12H2,1H3;2,4,6-9,11,14-16H,3,5,10,12H2,1H3. The minimum Gasteiger partial charge on any atom is -0.477 e. The molecule has 8 bridgehead atoms. The van der Waals surface area contributed by atoms with Crippen molar-refractivity contribution in [1.82, 2.24) is 129 Å². The van der Waals surface area contributed by atoms with E-state index in [4.69, 9.17) is 18.9 Å². The van der Waals surface area contributed by atoms with Crippen LogP contribution in [0.15, 0.2) is 178 Å². The van der Waals surface area contributed by atoms with Gasteiger partial charge in [-0.25, -0.2) is 44.9 Å². The van der Waals surface area contributed by atoms with Crippen molar-refractivity contribution >= 4 is 23.6 Å². The highest BCUT2D eigenvalue weighted by Crippen LogP contribution is 2.47. The SMILES string of the molecule is Cc1ccc(-n2nccn2)c(C(=O)N2C3CCC2C(COc2ccccn2)C3)n1.Cc1ccc(-n2nccn2)c(C(=O)N2C3CCC2C(COc2cnccn2)C3)n1.Cc1ccc(-n2nccn2)c(C(=O)N2C3CCC2C(COc2ncccn2)C3)n1.Cc1cccc(OCC2CC3CCC2N3C(=O)c2nc(C)ccc2-n2nccn2)n1. The lowest BCUT2D eigenvalue weighted by atomic mass is 9.90. The van der Waals surface area contributed by atoms with Crippen LogP contribution in [0.4, 0.5) is 0 Å². The van der Waals surface area contributed by atoms with Crippen molar-refractivity contribution in [2.24, 2.45) is 23.7 Å². The van der Waals surface area contributed by atoms with Gasteiger partial charge in [0.1, 0.15) is 22.7 Å². The highest BCUT2D eigenvalue weighted by Gasteiger charge is 2.54. The molecule has 8 saturated heterocycles. The first kappa shape index (κ1) is 76.3. The van der Waals surface area contributed by atoms with Gasteiger partial charge in [-0.3, -0.25) is 24.2 Å². The molecule has 117 heavy (non-hydrogen) atoms. The van der Waals surface area contributed by atoms with Gasteiger partial charge in [0.25, 0.3) is 23.6 Å². The number of aromatic nitrogens is 22. The number of carbonyl (C=O) groups is 4. The van der Waals surface area contributed by atoms with Gasteiger partial charge in [-0.1, -0.05) is 12.1 Å². The lowest BCUT2D eigenvalue weighted by molar-refractivity contribution is 0.0694. The highest BCUT2D eigenvalue weighted by atomic mass is 16.5. The third-order valence-corrected chi connectivity index (χ3v) is 23.3. The summed E-state index contributed by atoms with van der Waals surface area (Å²) in [6.07, 6.45) is 34.4. The molecule has 0 aliphatic carbocycles. The number of amides is 4. The van der Waals surface area contributed by atoms with Gasteiger partial charge in [0.15, 0.2) is 22.8 Å². The van der Waals surface area contributed by atoms with Crippen molar-refractivity contribution in [2.75, 3.05) is 26.4 Å². The van der Waals surface area contributed by atoms with E-state index in [9.17, 15) is 19.2 Å². The Labute approximate surface area is 673 Å². The molecule has 20 rings (SSSR count). The number of hydrogen-bond acceptors (Lipinski definition) is 26. The molecule has 12 aromatic rings. The molecule has 0 N–H and O–H groups in total. The van der Waals surface area contributed by atoms with Crippen LogP contribution in [0.5, 0.6) is 23.7 Å². The number of fused-ring (bicyclic) bond motifs is 8. The Bertz CT molecular complexity index is 5030. The molecular formula is C83H88N26O8. The lowest BCUT2D eigenvalue weighted by Gasteiger charge is -2.25. The number of hydrogen-bond donors (Lipinski definition) is 0. The third-order valence-electron chi connectivity index (χ3n) is 23.3. The van der Waals surface area contributed by atoms with E-state index in [1.54, 1.807) is 92.8 Å². The van der Waals surface area contributed by atoms with Gasteiger partial charge in [-0.15, -0.1) is 19.2 Å². The first-order valence-corrected chi connectivity index (χ1v) is 39.8. The molecule has 34 heteroatoms. The van der Waals surface area contributed by atoms with Gasteiger partial charge < -0.3 is 38.5 Å². The summed E-state index contributed by atoms with van der Waals surface area (Å²) in [6.45, 7) is 11.7. The predicted octanol–water partition coefficient (Wildman–Crippen LogP) is 8.85. The van der Waals surface area contributed by atoms with E-state index in [-0.39, 0.29) is 83.8 Å². The molecule has 34 nitrogen and oxygen atoms in total. The van der Waals surface area contributed by atoms with Crippen LogP contribution in [0.2, 0.25) is 0 Å². The summed E-state index contributed by atoms with van der Waals surface area (Å²) in [5, 5.41) is 33.5. The van der Waals surface area contributed by atoms with Gasteiger partial charge in [-0.2, -0.15) is 40.8 Å². The van der Waals surface area contributed by atoms with Gasteiger partial charge in [0.2, 0.25) is 17.6 Å². The number of pyridine rings is 6. The molecular weight excluding hydrogens is 1490 g/mol. The normalized spacial score (nSPS) is 22.7. The van der Waals surface area contributed by atoms with Gasteiger partial charge in [-0.05, 0) is 178 Å². The number of nitrogens with zero attached hydrogens (tertiary/aromatic N) is 26. The second-order valence-corrected chi connectivity index (χ2v) is 30.7. The second-order valence-electron chi connectivity index (χ2n) is 30.7. The molecule has 0 radical (unpaired) electrons. The Morgan fingerprint density at radius 2 is 0.632 bits per heavy atom. The Kier molecular flexibility index (Phi) is 22.2. The number of aryl methyl sites for hydroxylation is 5. The summed E-state index contributed by atoms with van der Waals surface area (Å²) in [7, 11) is 0. The van der Waals surface area contributed by atoms with Crippen molar-refractivity contribution in [3.63, 3.8) is 0 Å². The molecule has 8 aliphatic heterocycles. The van der Waals surface area contributed by atoms with Crippen LogP contribution in [0, 0.1) is 58.3 Å². The van der Waals surface area contributed by atoms with Crippen LogP contribution in [-0.2, 0) is 0 Å². The molecule has 12 atom stereocenters. The lowest BCUT2D eigenvalue weighted by Crippen LogP contribution is -2.38. The Morgan fingerprint density at radius 1 is 0.308 bits per heavy atom. The second kappa shape index (κ2) is 34.0. The molecule has 12 aromatic heterocycles. The van der Waals surface area contributed by atoms with Crippen molar-refractivity contribution in [3.05, 3.63) is 229 Å². The van der Waals surface area contributed by atoms with E-state index in [1.165, 1.54) is 19.2 Å². The summed E-state index contributed by atoms with van der Waals surface area (Å²) in [4.78, 5) is 111. The quantitative estimate of drug-likeness (QED) is 0.0687. The van der Waals surface area contributed by atoms with E-state index in [0.29, 0.717) is 107 Å². The first-order valence-electron chi connectivity index (χ1n) is 39.8. The zero-order chi connectivity index (χ0) is 80.0. The Hall–Kier alpha value is -13.3. The van der Waals surface area contributed by atoms with E-state index >= 15 is 0 Å². The largest absolute Gasteiger partial charge is 0.477 e. The monoisotopic (exact) mass is 1580 g/mol. The molecule has 8 fully saturated rings. The van der Waals surface area contributed by atoms with Crippen molar-refractivity contribution in [1.29, 1.82) is 0 Å². The molecule has 20 heterocycles. The smallest absolute Gasteiger partial charge is 0.316 e. The van der Waals surface area contributed by atoms with E-state index in [1.807, 2.05) is 139 Å². The molecule has 598 valence electrons. The molecule has 12 unspecified atom stereocenters. The van der Waals surface area contributed by atoms with Gasteiger partial charge in [0.05, 0.1) is 82.2 Å². The fraction of sp³-hybridized carbons (Fsp3) is 0.398. The van der Waals surface area contributed by atoms with Crippen LogP contribution in [0.25, 0.3) is 22.7 Å². The van der Waals surface area contributed by atoms with Gasteiger partial charge >= 0.3 is 6.01 Å². The zero-order valence-corrected chi connectivity index (χ0v) is 65.4. The minimum atomic E-state index is -0.0630. The summed E-state index contributed by atoms with van der Waals surface area (Å²) >= 11 is 0. The van der Waals surface area contributed by atoms with Crippen LogP contribution in [0.3, 0.4) is 0 Å². The molecule has 0 saturated carbocycles. The molecule has 0 spiro atoms. The fourth-order valence-electron chi connectivity index (χ4n) is 18.3. The fourth-order valence-corrected chi connectivity index (χ4v) is 18.3. The number of rotatable bonds is 20. The average Bonchev–Trinajstić information content (AvgIpc) is 1.62. The predicted molar refractivity (Wildman–Crippen MR) is 419 cm³/mol. The molecule has 8 aliphatic rings.